The summed E-state index contributed by atoms with van der Waals surface area (Å²) >= 11 is 1.79. The van der Waals surface area contributed by atoms with Crippen molar-refractivity contribution in [2.75, 3.05) is 6.54 Å². The van der Waals surface area contributed by atoms with Crippen LogP contribution in [-0.2, 0) is 6.54 Å². The quantitative estimate of drug-likeness (QED) is 0.801. The second kappa shape index (κ2) is 4.73. The zero-order valence-electron chi connectivity index (χ0n) is 9.21. The van der Waals surface area contributed by atoms with Gasteiger partial charge in [0.25, 0.3) is 0 Å². The fourth-order valence-electron chi connectivity index (χ4n) is 1.58. The van der Waals surface area contributed by atoms with Crippen LogP contribution in [0.3, 0.4) is 0 Å². The van der Waals surface area contributed by atoms with Crippen molar-refractivity contribution in [3.63, 3.8) is 0 Å². The molecule has 1 aromatic carbocycles. The average Bonchev–Trinajstić information content (AvgIpc) is 2.63. The molecule has 0 saturated heterocycles. The Hall–Kier alpha value is -0.930. The minimum atomic E-state index is 0.895. The molecule has 15 heavy (non-hydrogen) atoms. The molecule has 0 fully saturated rings. The van der Waals surface area contributed by atoms with Crippen LogP contribution in [0.15, 0.2) is 18.2 Å². The highest BCUT2D eigenvalue weighted by atomic mass is 32.1. The van der Waals surface area contributed by atoms with Crippen LogP contribution in [0.25, 0.3) is 10.2 Å². The summed E-state index contributed by atoms with van der Waals surface area (Å²) in [5, 5.41) is 4.57. The van der Waals surface area contributed by atoms with Gasteiger partial charge in [0.2, 0.25) is 0 Å². The van der Waals surface area contributed by atoms with E-state index < -0.39 is 0 Å². The van der Waals surface area contributed by atoms with E-state index in [0.717, 1.165) is 18.6 Å². The van der Waals surface area contributed by atoms with E-state index in [9.17, 15) is 0 Å². The molecule has 1 N–H and O–H groups in total. The summed E-state index contributed by atoms with van der Waals surface area (Å²) in [6.45, 7) is 6.25. The van der Waals surface area contributed by atoms with Crippen molar-refractivity contribution in [1.29, 1.82) is 0 Å². The molecule has 2 nitrogen and oxygen atoms in total. The first-order chi connectivity index (χ1) is 7.31. The van der Waals surface area contributed by atoms with Crippen LogP contribution in [-0.4, -0.2) is 11.5 Å². The molecule has 0 aliphatic carbocycles. The lowest BCUT2D eigenvalue weighted by Crippen LogP contribution is -2.13. The molecule has 3 heteroatoms. The van der Waals surface area contributed by atoms with Gasteiger partial charge in [0, 0.05) is 6.54 Å². The standard InChI is InChI=1S/C12H16N2S/c1-3-7-13-8-11-14-12-9(2)5-4-6-10(12)15-11/h4-6,13H,3,7-8H2,1-2H3. The molecule has 0 aliphatic heterocycles. The Bertz CT molecular complexity index is 448. The van der Waals surface area contributed by atoms with Crippen LogP contribution >= 0.6 is 11.3 Å². The molecule has 1 aromatic heterocycles. The summed E-state index contributed by atoms with van der Waals surface area (Å²) < 4.78 is 1.29. The molecule has 0 unspecified atom stereocenters. The van der Waals surface area contributed by atoms with Gasteiger partial charge >= 0.3 is 0 Å². The fourth-order valence-corrected chi connectivity index (χ4v) is 2.59. The molecule has 1 heterocycles. The molecular weight excluding hydrogens is 204 g/mol. The van der Waals surface area contributed by atoms with Crippen LogP contribution in [0.2, 0.25) is 0 Å². The van der Waals surface area contributed by atoms with Gasteiger partial charge in [-0.25, -0.2) is 4.98 Å². The Balaban J connectivity index is 2.20. The van der Waals surface area contributed by atoms with Gasteiger partial charge < -0.3 is 5.32 Å². The number of aryl methyl sites for hydroxylation is 1. The van der Waals surface area contributed by atoms with E-state index in [-0.39, 0.29) is 0 Å². The highest BCUT2D eigenvalue weighted by Crippen LogP contribution is 2.24. The highest BCUT2D eigenvalue weighted by Gasteiger charge is 2.04. The van der Waals surface area contributed by atoms with Crippen molar-refractivity contribution in [3.8, 4) is 0 Å². The van der Waals surface area contributed by atoms with Crippen LogP contribution in [0.1, 0.15) is 23.9 Å². The number of aromatic nitrogens is 1. The second-order valence-corrected chi connectivity index (χ2v) is 4.82. The van der Waals surface area contributed by atoms with Crippen molar-refractivity contribution >= 4 is 21.6 Å². The number of para-hydroxylation sites is 1. The van der Waals surface area contributed by atoms with Gasteiger partial charge in [-0.15, -0.1) is 11.3 Å². The average molecular weight is 220 g/mol. The molecule has 0 saturated carbocycles. The number of benzene rings is 1. The monoisotopic (exact) mass is 220 g/mol. The van der Waals surface area contributed by atoms with Crippen molar-refractivity contribution in [3.05, 3.63) is 28.8 Å². The number of hydrogen-bond acceptors (Lipinski definition) is 3. The first-order valence-corrected chi connectivity index (χ1v) is 6.18. The Kier molecular flexibility index (Phi) is 3.34. The van der Waals surface area contributed by atoms with Crippen LogP contribution in [0.4, 0.5) is 0 Å². The van der Waals surface area contributed by atoms with Crippen molar-refractivity contribution in [2.45, 2.75) is 26.8 Å². The van der Waals surface area contributed by atoms with Crippen molar-refractivity contribution in [1.82, 2.24) is 10.3 Å². The number of nitrogens with zero attached hydrogens (tertiary/aromatic N) is 1. The summed E-state index contributed by atoms with van der Waals surface area (Å²) in [4.78, 5) is 4.64. The number of hydrogen-bond donors (Lipinski definition) is 1. The van der Waals surface area contributed by atoms with Gasteiger partial charge in [0.15, 0.2) is 0 Å². The van der Waals surface area contributed by atoms with Crippen molar-refractivity contribution in [2.24, 2.45) is 0 Å². The first kappa shape index (κ1) is 10.6. The Morgan fingerprint density at radius 2 is 2.27 bits per heavy atom. The van der Waals surface area contributed by atoms with E-state index in [2.05, 4.69) is 42.3 Å². The molecule has 0 bridgehead atoms. The molecule has 2 aromatic rings. The van der Waals surface area contributed by atoms with Crippen LogP contribution in [0, 0.1) is 6.92 Å². The van der Waals surface area contributed by atoms with Gasteiger partial charge in [-0.3, -0.25) is 0 Å². The number of thiazole rings is 1. The third-order valence-electron chi connectivity index (χ3n) is 2.37. The zero-order chi connectivity index (χ0) is 10.7. The summed E-state index contributed by atoms with van der Waals surface area (Å²) in [5.74, 6) is 0. The second-order valence-electron chi connectivity index (χ2n) is 3.71. The maximum absolute atomic E-state index is 4.64. The third-order valence-corrected chi connectivity index (χ3v) is 3.39. The molecular formula is C12H16N2S. The maximum Gasteiger partial charge on any atom is 0.108 e. The topological polar surface area (TPSA) is 24.9 Å². The smallest absolute Gasteiger partial charge is 0.108 e. The lowest BCUT2D eigenvalue weighted by Gasteiger charge is -1.97. The van der Waals surface area contributed by atoms with Gasteiger partial charge in [-0.2, -0.15) is 0 Å². The van der Waals surface area contributed by atoms with E-state index in [1.165, 1.54) is 21.7 Å². The SMILES string of the molecule is CCCNCc1nc2c(C)cccc2s1. The zero-order valence-corrected chi connectivity index (χ0v) is 10.0. The molecule has 0 radical (unpaired) electrons. The maximum atomic E-state index is 4.64. The van der Waals surface area contributed by atoms with Gasteiger partial charge in [-0.05, 0) is 31.5 Å². The lowest BCUT2D eigenvalue weighted by atomic mass is 10.2. The minimum Gasteiger partial charge on any atom is -0.310 e. The van der Waals surface area contributed by atoms with Crippen molar-refractivity contribution < 1.29 is 0 Å². The Morgan fingerprint density at radius 1 is 1.40 bits per heavy atom. The molecule has 80 valence electrons. The Labute approximate surface area is 94.3 Å². The summed E-state index contributed by atoms with van der Waals surface area (Å²) in [6.07, 6.45) is 1.17. The molecule has 2 rings (SSSR count). The minimum absolute atomic E-state index is 0.895. The van der Waals surface area contributed by atoms with Gasteiger partial charge in [0.1, 0.15) is 5.01 Å². The predicted octanol–water partition coefficient (Wildman–Crippen LogP) is 3.10. The number of rotatable bonds is 4. The van der Waals surface area contributed by atoms with Crippen LogP contribution < -0.4 is 5.32 Å². The number of nitrogens with one attached hydrogen (secondary N) is 1. The largest absolute Gasteiger partial charge is 0.310 e. The van der Waals surface area contributed by atoms with E-state index in [1.807, 2.05) is 0 Å². The van der Waals surface area contributed by atoms with E-state index in [4.69, 9.17) is 0 Å². The molecule has 0 spiro atoms. The number of fused-ring (bicyclic) bond motifs is 1. The Morgan fingerprint density at radius 3 is 3.00 bits per heavy atom. The fraction of sp³-hybridized carbons (Fsp3) is 0.417. The molecule has 0 atom stereocenters. The lowest BCUT2D eigenvalue weighted by molar-refractivity contribution is 0.673. The van der Waals surface area contributed by atoms with E-state index in [0.29, 0.717) is 0 Å². The van der Waals surface area contributed by atoms with E-state index in [1.54, 1.807) is 11.3 Å². The van der Waals surface area contributed by atoms with Crippen LogP contribution in [0.5, 0.6) is 0 Å². The highest BCUT2D eigenvalue weighted by molar-refractivity contribution is 7.18. The summed E-state index contributed by atoms with van der Waals surface area (Å²) in [7, 11) is 0. The van der Waals surface area contributed by atoms with Gasteiger partial charge in [-0.1, -0.05) is 19.1 Å². The summed E-state index contributed by atoms with van der Waals surface area (Å²) in [5.41, 5.74) is 2.43. The molecule has 0 amide bonds. The summed E-state index contributed by atoms with van der Waals surface area (Å²) in [6, 6.07) is 6.35. The predicted molar refractivity (Wildman–Crippen MR) is 66.4 cm³/mol. The molecule has 0 aliphatic rings. The normalized spacial score (nSPS) is 11.1. The first-order valence-electron chi connectivity index (χ1n) is 5.37. The third kappa shape index (κ3) is 2.36. The van der Waals surface area contributed by atoms with E-state index >= 15 is 0 Å². The van der Waals surface area contributed by atoms with Gasteiger partial charge in [0.05, 0.1) is 10.2 Å².